The summed E-state index contributed by atoms with van der Waals surface area (Å²) in [6, 6.07) is 13.9. The van der Waals surface area contributed by atoms with Crippen molar-refractivity contribution >= 4 is 17.3 Å². The van der Waals surface area contributed by atoms with Crippen LogP contribution >= 0.6 is 0 Å². The normalized spacial score (nSPS) is 18.6. The van der Waals surface area contributed by atoms with Crippen LogP contribution in [0.2, 0.25) is 0 Å². The zero-order valence-electron chi connectivity index (χ0n) is 14.6. The molecule has 0 spiro atoms. The first-order valence-electron chi connectivity index (χ1n) is 8.63. The van der Waals surface area contributed by atoms with Crippen LogP contribution in [0.3, 0.4) is 0 Å². The van der Waals surface area contributed by atoms with Gasteiger partial charge in [-0.3, -0.25) is 4.79 Å². The molecule has 4 rings (SSSR count). The molecule has 2 heterocycles. The molecule has 0 aliphatic carbocycles. The number of ether oxygens (including phenoxy) is 2. The average molecular weight is 338 g/mol. The van der Waals surface area contributed by atoms with Gasteiger partial charge < -0.3 is 19.3 Å². The van der Waals surface area contributed by atoms with Gasteiger partial charge in [0.25, 0.3) is 5.91 Å². The van der Waals surface area contributed by atoms with Crippen molar-refractivity contribution in [2.75, 3.05) is 37.1 Å². The molecule has 0 saturated carbocycles. The van der Waals surface area contributed by atoms with Gasteiger partial charge in [-0.15, -0.1) is 0 Å². The number of methoxy groups -OCH3 is 2. The molecule has 1 unspecified atom stereocenters. The second-order valence-electron chi connectivity index (χ2n) is 6.43. The first kappa shape index (κ1) is 15.8. The Hall–Kier alpha value is -2.69. The van der Waals surface area contributed by atoms with Crippen molar-refractivity contribution in [1.82, 2.24) is 0 Å². The van der Waals surface area contributed by atoms with Crippen LogP contribution in [-0.2, 0) is 0 Å². The molecule has 1 fully saturated rings. The molecule has 5 nitrogen and oxygen atoms in total. The summed E-state index contributed by atoms with van der Waals surface area (Å²) >= 11 is 0. The molecule has 2 aromatic carbocycles. The van der Waals surface area contributed by atoms with Crippen molar-refractivity contribution in [3.8, 4) is 11.5 Å². The molecule has 1 saturated heterocycles. The van der Waals surface area contributed by atoms with Gasteiger partial charge in [-0.05, 0) is 37.1 Å². The van der Waals surface area contributed by atoms with E-state index in [0.29, 0.717) is 29.6 Å². The lowest BCUT2D eigenvalue weighted by molar-refractivity contribution is 0.0978. The third-order valence-electron chi connectivity index (χ3n) is 5.14. The Morgan fingerprint density at radius 3 is 2.36 bits per heavy atom. The van der Waals surface area contributed by atoms with Gasteiger partial charge in [-0.1, -0.05) is 18.2 Å². The average Bonchev–Trinajstić information content (AvgIpc) is 3.15. The smallest absolute Gasteiger partial charge is 0.265 e. The van der Waals surface area contributed by atoms with Crippen LogP contribution in [0.5, 0.6) is 11.5 Å². The molecule has 5 heteroatoms. The maximum absolute atomic E-state index is 13.5. The van der Waals surface area contributed by atoms with E-state index in [4.69, 9.17) is 9.47 Å². The SMILES string of the molecule is COc1cccc(OC)c1C(=O)N1CC2CCCN2c2ccccc21. The van der Waals surface area contributed by atoms with E-state index >= 15 is 0 Å². The van der Waals surface area contributed by atoms with Gasteiger partial charge in [-0.2, -0.15) is 0 Å². The zero-order chi connectivity index (χ0) is 17.4. The van der Waals surface area contributed by atoms with Crippen LogP contribution in [0, 0.1) is 0 Å². The maximum atomic E-state index is 13.5. The van der Waals surface area contributed by atoms with Gasteiger partial charge in [0.05, 0.1) is 25.6 Å². The van der Waals surface area contributed by atoms with Crippen LogP contribution in [0.1, 0.15) is 23.2 Å². The van der Waals surface area contributed by atoms with Gasteiger partial charge >= 0.3 is 0 Å². The molecular formula is C20H22N2O3. The molecule has 0 aromatic heterocycles. The lowest BCUT2D eigenvalue weighted by Crippen LogP contribution is -2.48. The summed E-state index contributed by atoms with van der Waals surface area (Å²) in [5, 5.41) is 0. The first-order chi connectivity index (χ1) is 12.2. The number of benzene rings is 2. The minimum atomic E-state index is -0.0756. The molecule has 1 atom stereocenters. The van der Waals surface area contributed by atoms with E-state index < -0.39 is 0 Å². The van der Waals surface area contributed by atoms with Gasteiger partial charge in [0.2, 0.25) is 0 Å². The maximum Gasteiger partial charge on any atom is 0.265 e. The highest BCUT2D eigenvalue weighted by Crippen LogP contribution is 2.41. The fraction of sp³-hybridized carbons (Fsp3) is 0.350. The molecule has 0 N–H and O–H groups in total. The van der Waals surface area contributed by atoms with Crippen molar-refractivity contribution in [3.63, 3.8) is 0 Å². The van der Waals surface area contributed by atoms with Crippen LogP contribution in [-0.4, -0.2) is 39.3 Å². The Morgan fingerprint density at radius 1 is 1.00 bits per heavy atom. The minimum absolute atomic E-state index is 0.0756. The number of hydrogen-bond donors (Lipinski definition) is 0. The highest BCUT2D eigenvalue weighted by Gasteiger charge is 2.37. The molecule has 0 radical (unpaired) electrons. The summed E-state index contributed by atoms with van der Waals surface area (Å²) in [6.45, 7) is 1.75. The van der Waals surface area contributed by atoms with Crippen molar-refractivity contribution in [1.29, 1.82) is 0 Å². The fourth-order valence-electron chi connectivity index (χ4n) is 3.98. The highest BCUT2D eigenvalue weighted by molar-refractivity contribution is 6.11. The standard InChI is InChI=1S/C20H22N2O3/c1-24-17-10-5-11-18(25-2)19(17)20(23)22-13-14-7-6-12-21(14)15-8-3-4-9-16(15)22/h3-5,8-11,14H,6-7,12-13H2,1-2H3. The molecule has 0 bridgehead atoms. The Bertz CT molecular complexity index is 783. The summed E-state index contributed by atoms with van der Waals surface area (Å²) < 4.78 is 10.9. The molecule has 2 aromatic rings. The number of hydrogen-bond acceptors (Lipinski definition) is 4. The van der Waals surface area contributed by atoms with Crippen molar-refractivity contribution in [3.05, 3.63) is 48.0 Å². The fourth-order valence-corrected chi connectivity index (χ4v) is 3.98. The summed E-state index contributed by atoms with van der Waals surface area (Å²) in [6.07, 6.45) is 2.28. The Morgan fingerprint density at radius 2 is 1.68 bits per heavy atom. The Kier molecular flexibility index (Phi) is 3.99. The van der Waals surface area contributed by atoms with Gasteiger partial charge in [0.15, 0.2) is 0 Å². The van der Waals surface area contributed by atoms with E-state index in [1.165, 1.54) is 6.42 Å². The van der Waals surface area contributed by atoms with E-state index in [9.17, 15) is 4.79 Å². The second kappa shape index (κ2) is 6.31. The van der Waals surface area contributed by atoms with E-state index in [1.54, 1.807) is 26.4 Å². The highest BCUT2D eigenvalue weighted by atomic mass is 16.5. The summed E-state index contributed by atoms with van der Waals surface area (Å²) in [5.41, 5.74) is 2.57. The third kappa shape index (κ3) is 2.51. The van der Waals surface area contributed by atoms with Crippen molar-refractivity contribution in [2.45, 2.75) is 18.9 Å². The number of carbonyl (C=O) groups excluding carboxylic acids is 1. The number of para-hydroxylation sites is 2. The quantitative estimate of drug-likeness (QED) is 0.861. The van der Waals surface area contributed by atoms with E-state index in [0.717, 1.165) is 24.3 Å². The molecular weight excluding hydrogens is 316 g/mol. The van der Waals surface area contributed by atoms with Crippen LogP contribution < -0.4 is 19.3 Å². The minimum Gasteiger partial charge on any atom is -0.496 e. The van der Waals surface area contributed by atoms with Gasteiger partial charge in [0, 0.05) is 19.1 Å². The first-order valence-corrected chi connectivity index (χ1v) is 8.63. The predicted molar refractivity (Wildman–Crippen MR) is 98.0 cm³/mol. The summed E-state index contributed by atoms with van der Waals surface area (Å²) in [5.74, 6) is 1.000. The van der Waals surface area contributed by atoms with E-state index in [1.807, 2.05) is 29.2 Å². The molecule has 25 heavy (non-hydrogen) atoms. The summed E-state index contributed by atoms with van der Waals surface area (Å²) in [7, 11) is 3.16. The number of anilines is 2. The number of amides is 1. The molecule has 2 aliphatic heterocycles. The lowest BCUT2D eigenvalue weighted by atomic mass is 10.0. The van der Waals surface area contributed by atoms with Gasteiger partial charge in [0.1, 0.15) is 17.1 Å². The predicted octanol–water partition coefficient (Wildman–Crippen LogP) is 3.33. The van der Waals surface area contributed by atoms with E-state index in [2.05, 4.69) is 11.0 Å². The van der Waals surface area contributed by atoms with Crippen LogP contribution in [0.4, 0.5) is 11.4 Å². The number of rotatable bonds is 3. The number of nitrogens with zero attached hydrogens (tertiary/aromatic N) is 2. The monoisotopic (exact) mass is 338 g/mol. The molecule has 1 amide bonds. The lowest BCUT2D eigenvalue weighted by Gasteiger charge is -2.40. The Labute approximate surface area is 147 Å². The number of fused-ring (bicyclic) bond motifs is 3. The third-order valence-corrected chi connectivity index (χ3v) is 5.14. The number of carbonyl (C=O) groups is 1. The second-order valence-corrected chi connectivity index (χ2v) is 6.43. The molecule has 130 valence electrons. The van der Waals surface area contributed by atoms with Crippen molar-refractivity contribution in [2.24, 2.45) is 0 Å². The Balaban J connectivity index is 1.80. The molecule has 2 aliphatic rings. The largest absolute Gasteiger partial charge is 0.496 e. The topological polar surface area (TPSA) is 42.0 Å². The van der Waals surface area contributed by atoms with Crippen LogP contribution in [0.15, 0.2) is 42.5 Å². The zero-order valence-corrected chi connectivity index (χ0v) is 14.6. The van der Waals surface area contributed by atoms with Crippen molar-refractivity contribution < 1.29 is 14.3 Å². The summed E-state index contributed by atoms with van der Waals surface area (Å²) in [4.78, 5) is 17.8. The van der Waals surface area contributed by atoms with Crippen LogP contribution in [0.25, 0.3) is 0 Å². The van der Waals surface area contributed by atoms with Gasteiger partial charge in [-0.25, -0.2) is 0 Å². The van der Waals surface area contributed by atoms with E-state index in [-0.39, 0.29) is 5.91 Å².